The van der Waals surface area contributed by atoms with Crippen LogP contribution in [0.2, 0.25) is 0 Å². The first kappa shape index (κ1) is 15.9. The summed E-state index contributed by atoms with van der Waals surface area (Å²) < 4.78 is 1.14. The van der Waals surface area contributed by atoms with E-state index in [1.807, 2.05) is 0 Å². The Bertz CT molecular complexity index is 885. The third-order valence-corrected chi connectivity index (χ3v) is 5.52. The van der Waals surface area contributed by atoms with Gasteiger partial charge in [-0.05, 0) is 46.7 Å². The van der Waals surface area contributed by atoms with E-state index in [9.17, 15) is 0 Å². The lowest BCUT2D eigenvalue weighted by atomic mass is 9.85. The molecule has 2 heterocycles. The van der Waals surface area contributed by atoms with Gasteiger partial charge in [-0.25, -0.2) is 0 Å². The molecule has 0 fully saturated rings. The first-order valence-corrected chi connectivity index (χ1v) is 9.36. The average Bonchev–Trinajstić information content (AvgIpc) is 2.92. The van der Waals surface area contributed by atoms with Crippen LogP contribution >= 0.6 is 15.9 Å². The molecule has 1 aliphatic rings. The second-order valence-electron chi connectivity index (χ2n) is 7.72. The van der Waals surface area contributed by atoms with Crippen LogP contribution in [0.25, 0.3) is 10.9 Å². The summed E-state index contributed by atoms with van der Waals surface area (Å²) in [5.41, 5.74) is 6.89. The van der Waals surface area contributed by atoms with Gasteiger partial charge in [-0.2, -0.15) is 0 Å². The van der Waals surface area contributed by atoms with Gasteiger partial charge in [0.15, 0.2) is 0 Å². The number of hydrogen-bond acceptors (Lipinski definition) is 1. The summed E-state index contributed by atoms with van der Waals surface area (Å²) in [5, 5.41) is 5.03. The van der Waals surface area contributed by atoms with E-state index in [1.165, 1.54) is 33.3 Å². The highest BCUT2D eigenvalue weighted by Crippen LogP contribution is 2.35. The number of H-pyrrole nitrogens is 1. The van der Waals surface area contributed by atoms with Gasteiger partial charge in [-0.3, -0.25) is 0 Å². The van der Waals surface area contributed by atoms with E-state index in [-0.39, 0.29) is 11.5 Å². The Morgan fingerprint density at radius 2 is 1.79 bits per heavy atom. The van der Waals surface area contributed by atoms with Crippen LogP contribution in [0.3, 0.4) is 0 Å². The Hall–Kier alpha value is -1.58. The van der Waals surface area contributed by atoms with Crippen LogP contribution < -0.4 is 5.32 Å². The molecule has 1 atom stereocenters. The number of nitrogens with one attached hydrogen (secondary N) is 2. The Balaban J connectivity index is 1.78. The maximum atomic E-state index is 3.68. The molecule has 0 saturated heterocycles. The summed E-state index contributed by atoms with van der Waals surface area (Å²) in [6.45, 7) is 7.79. The van der Waals surface area contributed by atoms with Gasteiger partial charge in [0.05, 0.1) is 6.04 Å². The van der Waals surface area contributed by atoms with E-state index in [0.717, 1.165) is 17.4 Å². The monoisotopic (exact) mass is 382 g/mol. The van der Waals surface area contributed by atoms with Gasteiger partial charge in [0.25, 0.3) is 0 Å². The van der Waals surface area contributed by atoms with Gasteiger partial charge in [0.1, 0.15) is 0 Å². The molecule has 2 N–H and O–H groups in total. The molecule has 0 aliphatic carbocycles. The van der Waals surface area contributed by atoms with Crippen LogP contribution in [0.15, 0.2) is 46.9 Å². The fraction of sp³-hybridized carbons (Fsp3) is 0.333. The number of aromatic nitrogens is 1. The lowest BCUT2D eigenvalue weighted by Crippen LogP contribution is -2.30. The maximum absolute atomic E-state index is 3.68. The zero-order valence-corrected chi connectivity index (χ0v) is 16.0. The molecule has 24 heavy (non-hydrogen) atoms. The Morgan fingerprint density at radius 3 is 2.50 bits per heavy atom. The number of halogens is 1. The number of aromatic amines is 1. The fourth-order valence-electron chi connectivity index (χ4n) is 3.66. The van der Waals surface area contributed by atoms with Gasteiger partial charge in [-0.1, -0.05) is 61.0 Å². The van der Waals surface area contributed by atoms with E-state index < -0.39 is 0 Å². The highest BCUT2D eigenvalue weighted by Gasteiger charge is 2.25. The third-order valence-electron chi connectivity index (χ3n) is 5.02. The van der Waals surface area contributed by atoms with Crippen LogP contribution in [-0.2, 0) is 11.8 Å². The summed E-state index contributed by atoms with van der Waals surface area (Å²) in [6, 6.07) is 15.8. The standard InChI is InChI=1S/C21H23BrN2/c1-21(2,3)14-6-4-13(5-7-14)19-20-16(10-11-23-19)17-12-15(22)8-9-18(17)24-20/h4-9,12,19,23-24H,10-11H2,1-3H3. The minimum atomic E-state index is 0.192. The molecular weight excluding hydrogens is 360 g/mol. The second kappa shape index (κ2) is 5.75. The minimum absolute atomic E-state index is 0.192. The van der Waals surface area contributed by atoms with E-state index in [0.29, 0.717) is 0 Å². The molecule has 3 heteroatoms. The average molecular weight is 383 g/mol. The molecule has 0 bridgehead atoms. The van der Waals surface area contributed by atoms with E-state index in [1.54, 1.807) is 0 Å². The highest BCUT2D eigenvalue weighted by atomic mass is 79.9. The van der Waals surface area contributed by atoms with Crippen molar-refractivity contribution in [1.29, 1.82) is 0 Å². The van der Waals surface area contributed by atoms with Crippen LogP contribution in [-0.4, -0.2) is 11.5 Å². The zero-order valence-electron chi connectivity index (χ0n) is 14.4. The summed E-state index contributed by atoms with van der Waals surface area (Å²) in [6.07, 6.45) is 1.07. The molecule has 124 valence electrons. The van der Waals surface area contributed by atoms with Crippen LogP contribution in [0.5, 0.6) is 0 Å². The van der Waals surface area contributed by atoms with Crippen molar-refractivity contribution in [3.8, 4) is 0 Å². The predicted octanol–water partition coefficient (Wildman–Crippen LogP) is 5.46. The van der Waals surface area contributed by atoms with E-state index >= 15 is 0 Å². The van der Waals surface area contributed by atoms with Crippen LogP contribution in [0, 0.1) is 0 Å². The molecule has 0 spiro atoms. The molecule has 4 rings (SSSR count). The van der Waals surface area contributed by atoms with Gasteiger partial charge in [0, 0.05) is 27.6 Å². The quantitative estimate of drug-likeness (QED) is 0.574. The molecule has 2 nitrogen and oxygen atoms in total. The largest absolute Gasteiger partial charge is 0.357 e. The molecule has 3 aromatic rings. The SMILES string of the molecule is CC(C)(C)c1ccc(C2NCCc3c2[nH]c2ccc(Br)cc32)cc1. The number of fused-ring (bicyclic) bond motifs is 3. The Morgan fingerprint density at radius 1 is 1.04 bits per heavy atom. The van der Waals surface area contributed by atoms with Crippen molar-refractivity contribution in [3.05, 3.63) is 69.3 Å². The van der Waals surface area contributed by atoms with Crippen molar-refractivity contribution in [2.75, 3.05) is 6.54 Å². The number of hydrogen-bond donors (Lipinski definition) is 2. The first-order chi connectivity index (χ1) is 11.4. The van der Waals surface area contributed by atoms with Crippen molar-refractivity contribution in [2.24, 2.45) is 0 Å². The van der Waals surface area contributed by atoms with Gasteiger partial charge < -0.3 is 10.3 Å². The van der Waals surface area contributed by atoms with Crippen LogP contribution in [0.1, 0.15) is 49.2 Å². The van der Waals surface area contributed by atoms with Crippen molar-refractivity contribution in [3.63, 3.8) is 0 Å². The molecule has 1 aromatic heterocycles. The summed E-state index contributed by atoms with van der Waals surface area (Å²) >= 11 is 3.60. The Labute approximate surface area is 151 Å². The summed E-state index contributed by atoms with van der Waals surface area (Å²) in [5.74, 6) is 0. The highest BCUT2D eigenvalue weighted by molar-refractivity contribution is 9.10. The zero-order chi connectivity index (χ0) is 16.9. The first-order valence-electron chi connectivity index (χ1n) is 8.57. The van der Waals surface area contributed by atoms with Gasteiger partial charge >= 0.3 is 0 Å². The second-order valence-corrected chi connectivity index (χ2v) is 8.63. The lowest BCUT2D eigenvalue weighted by Gasteiger charge is -2.26. The van der Waals surface area contributed by atoms with Crippen molar-refractivity contribution in [2.45, 2.75) is 38.6 Å². The molecule has 0 saturated carbocycles. The summed E-state index contributed by atoms with van der Waals surface area (Å²) in [7, 11) is 0. The third kappa shape index (κ3) is 2.70. The molecule has 0 amide bonds. The van der Waals surface area contributed by atoms with Crippen LogP contribution in [0.4, 0.5) is 0 Å². The van der Waals surface area contributed by atoms with E-state index in [2.05, 4.69) is 89.5 Å². The minimum Gasteiger partial charge on any atom is -0.357 e. The van der Waals surface area contributed by atoms with Gasteiger partial charge in [0.2, 0.25) is 0 Å². The molecule has 1 unspecified atom stereocenters. The lowest BCUT2D eigenvalue weighted by molar-refractivity contribution is 0.557. The summed E-state index contributed by atoms with van der Waals surface area (Å²) in [4.78, 5) is 3.65. The van der Waals surface area contributed by atoms with Crippen molar-refractivity contribution in [1.82, 2.24) is 10.3 Å². The number of rotatable bonds is 1. The smallest absolute Gasteiger partial charge is 0.0732 e. The molecule has 2 aromatic carbocycles. The topological polar surface area (TPSA) is 27.8 Å². The maximum Gasteiger partial charge on any atom is 0.0732 e. The molecular formula is C21H23BrN2. The van der Waals surface area contributed by atoms with Gasteiger partial charge in [-0.15, -0.1) is 0 Å². The van der Waals surface area contributed by atoms with Crippen molar-refractivity contribution < 1.29 is 0 Å². The van der Waals surface area contributed by atoms with Crippen molar-refractivity contribution >= 4 is 26.8 Å². The molecule has 1 aliphatic heterocycles. The predicted molar refractivity (Wildman–Crippen MR) is 105 cm³/mol. The van der Waals surface area contributed by atoms with E-state index in [4.69, 9.17) is 0 Å². The number of benzene rings is 2. The molecule has 0 radical (unpaired) electrons. The fourth-order valence-corrected chi connectivity index (χ4v) is 4.02. The Kier molecular flexibility index (Phi) is 3.81. The normalized spacial score (nSPS) is 17.9.